The van der Waals surface area contributed by atoms with Gasteiger partial charge in [-0.3, -0.25) is 4.79 Å². The standard InChI is InChI=1S/C16H22O2/c1-4-18-16(17)7-5-6-14-8-10-15(11-9-14)12-13(2)3/h4,8-11,13H,1,5-7,12H2,2-3H3. The molecule has 0 aliphatic rings. The number of rotatable bonds is 7. The van der Waals surface area contributed by atoms with Crippen LogP contribution in [-0.4, -0.2) is 5.97 Å². The molecule has 0 fully saturated rings. The summed E-state index contributed by atoms with van der Waals surface area (Å²) in [5.74, 6) is 0.478. The lowest BCUT2D eigenvalue weighted by molar-refractivity contribution is -0.138. The van der Waals surface area contributed by atoms with Crippen LogP contribution >= 0.6 is 0 Å². The third kappa shape index (κ3) is 5.67. The number of carbonyl (C=O) groups excluding carboxylic acids is 1. The van der Waals surface area contributed by atoms with Gasteiger partial charge in [-0.1, -0.05) is 44.7 Å². The molecule has 0 N–H and O–H groups in total. The molecule has 1 rings (SSSR count). The monoisotopic (exact) mass is 246 g/mol. The average Bonchev–Trinajstić information content (AvgIpc) is 2.31. The molecule has 0 bridgehead atoms. The van der Waals surface area contributed by atoms with Crippen LogP contribution in [0.1, 0.15) is 37.8 Å². The van der Waals surface area contributed by atoms with Gasteiger partial charge in [0.2, 0.25) is 0 Å². The first-order valence-electron chi connectivity index (χ1n) is 6.50. The summed E-state index contributed by atoms with van der Waals surface area (Å²) in [5.41, 5.74) is 2.65. The minimum absolute atomic E-state index is 0.207. The summed E-state index contributed by atoms with van der Waals surface area (Å²) < 4.78 is 4.67. The van der Waals surface area contributed by atoms with Crippen molar-refractivity contribution >= 4 is 5.97 Å². The van der Waals surface area contributed by atoms with Crippen LogP contribution in [-0.2, 0) is 22.4 Å². The summed E-state index contributed by atoms with van der Waals surface area (Å²) in [4.78, 5) is 11.1. The highest BCUT2D eigenvalue weighted by Gasteiger charge is 2.02. The Hall–Kier alpha value is -1.57. The summed E-state index contributed by atoms with van der Waals surface area (Å²) in [6, 6.07) is 8.65. The fourth-order valence-corrected chi connectivity index (χ4v) is 1.90. The van der Waals surface area contributed by atoms with Gasteiger partial charge in [0, 0.05) is 6.42 Å². The first-order chi connectivity index (χ1) is 8.61. The van der Waals surface area contributed by atoms with Crippen molar-refractivity contribution in [2.45, 2.75) is 39.5 Å². The summed E-state index contributed by atoms with van der Waals surface area (Å²) in [6.45, 7) is 7.80. The molecule has 0 atom stereocenters. The van der Waals surface area contributed by atoms with Crippen LogP contribution in [0.15, 0.2) is 37.1 Å². The molecule has 2 nitrogen and oxygen atoms in total. The quantitative estimate of drug-likeness (QED) is 0.539. The molecular weight excluding hydrogens is 224 g/mol. The molecule has 0 saturated carbocycles. The molecule has 0 spiro atoms. The smallest absolute Gasteiger partial charge is 0.310 e. The number of ether oxygens (including phenoxy) is 1. The highest BCUT2D eigenvalue weighted by Crippen LogP contribution is 2.11. The van der Waals surface area contributed by atoms with Gasteiger partial charge in [0.1, 0.15) is 0 Å². The molecule has 98 valence electrons. The van der Waals surface area contributed by atoms with Crippen molar-refractivity contribution in [3.8, 4) is 0 Å². The number of esters is 1. The highest BCUT2D eigenvalue weighted by atomic mass is 16.5. The Balaban J connectivity index is 2.35. The van der Waals surface area contributed by atoms with Gasteiger partial charge in [-0.2, -0.15) is 0 Å². The Bertz CT molecular complexity index is 377. The van der Waals surface area contributed by atoms with Crippen LogP contribution in [0.4, 0.5) is 0 Å². The van der Waals surface area contributed by atoms with Gasteiger partial charge < -0.3 is 4.74 Å². The molecule has 0 unspecified atom stereocenters. The predicted octanol–water partition coefficient (Wildman–Crippen LogP) is 3.89. The van der Waals surface area contributed by atoms with E-state index in [2.05, 4.69) is 49.4 Å². The number of benzene rings is 1. The third-order valence-electron chi connectivity index (χ3n) is 2.73. The molecule has 1 aromatic rings. The van der Waals surface area contributed by atoms with Gasteiger partial charge >= 0.3 is 5.97 Å². The first-order valence-corrected chi connectivity index (χ1v) is 6.50. The number of carbonyl (C=O) groups is 1. The van der Waals surface area contributed by atoms with Crippen molar-refractivity contribution in [1.82, 2.24) is 0 Å². The van der Waals surface area contributed by atoms with Gasteiger partial charge in [-0.05, 0) is 36.3 Å². The van der Waals surface area contributed by atoms with Crippen LogP contribution in [0.2, 0.25) is 0 Å². The van der Waals surface area contributed by atoms with Crippen molar-refractivity contribution in [3.05, 3.63) is 48.2 Å². The summed E-state index contributed by atoms with van der Waals surface area (Å²) in [6.07, 6.45) is 4.47. The van der Waals surface area contributed by atoms with E-state index in [9.17, 15) is 4.79 Å². The SMILES string of the molecule is C=COC(=O)CCCc1ccc(CC(C)C)cc1. The first kappa shape index (κ1) is 14.5. The van der Waals surface area contributed by atoms with Crippen molar-refractivity contribution in [2.24, 2.45) is 5.92 Å². The van der Waals surface area contributed by atoms with Crippen LogP contribution in [0, 0.1) is 5.92 Å². The van der Waals surface area contributed by atoms with Crippen molar-refractivity contribution in [1.29, 1.82) is 0 Å². The van der Waals surface area contributed by atoms with E-state index in [1.54, 1.807) is 0 Å². The lowest BCUT2D eigenvalue weighted by Gasteiger charge is -2.06. The summed E-state index contributed by atoms with van der Waals surface area (Å²) in [5, 5.41) is 0. The molecule has 0 saturated heterocycles. The van der Waals surface area contributed by atoms with Gasteiger partial charge in [0.25, 0.3) is 0 Å². The van der Waals surface area contributed by atoms with E-state index in [0.717, 1.165) is 19.3 Å². The van der Waals surface area contributed by atoms with E-state index >= 15 is 0 Å². The molecule has 0 heterocycles. The summed E-state index contributed by atoms with van der Waals surface area (Å²) in [7, 11) is 0. The van der Waals surface area contributed by atoms with Crippen molar-refractivity contribution in [2.75, 3.05) is 0 Å². The van der Waals surface area contributed by atoms with Crippen LogP contribution < -0.4 is 0 Å². The Labute approximate surface area is 110 Å². The minimum Gasteiger partial charge on any atom is -0.435 e. The molecule has 0 amide bonds. The minimum atomic E-state index is -0.207. The van der Waals surface area contributed by atoms with E-state index in [1.807, 2.05) is 0 Å². The van der Waals surface area contributed by atoms with E-state index < -0.39 is 0 Å². The molecule has 0 aliphatic heterocycles. The number of hydrogen-bond acceptors (Lipinski definition) is 2. The van der Waals surface area contributed by atoms with E-state index in [0.29, 0.717) is 12.3 Å². The molecular formula is C16H22O2. The maximum atomic E-state index is 11.1. The fraction of sp³-hybridized carbons (Fsp3) is 0.438. The lowest BCUT2D eigenvalue weighted by Crippen LogP contribution is -2.00. The Morgan fingerprint density at radius 3 is 2.44 bits per heavy atom. The third-order valence-corrected chi connectivity index (χ3v) is 2.73. The van der Waals surface area contributed by atoms with Gasteiger partial charge in [0.15, 0.2) is 0 Å². The Morgan fingerprint density at radius 2 is 1.89 bits per heavy atom. The zero-order chi connectivity index (χ0) is 13.4. The molecule has 0 radical (unpaired) electrons. The second-order valence-electron chi connectivity index (χ2n) is 4.92. The fourth-order valence-electron chi connectivity index (χ4n) is 1.90. The molecule has 18 heavy (non-hydrogen) atoms. The van der Waals surface area contributed by atoms with Crippen molar-refractivity contribution < 1.29 is 9.53 Å². The zero-order valence-corrected chi connectivity index (χ0v) is 11.3. The predicted molar refractivity (Wildman–Crippen MR) is 74.2 cm³/mol. The van der Waals surface area contributed by atoms with E-state index in [1.165, 1.54) is 17.4 Å². The molecule has 2 heteroatoms. The van der Waals surface area contributed by atoms with Crippen LogP contribution in [0.5, 0.6) is 0 Å². The Morgan fingerprint density at radius 1 is 1.28 bits per heavy atom. The maximum absolute atomic E-state index is 11.1. The van der Waals surface area contributed by atoms with Crippen LogP contribution in [0.3, 0.4) is 0 Å². The Kier molecular flexibility index (Phi) is 6.20. The molecule has 0 aliphatic carbocycles. The highest BCUT2D eigenvalue weighted by molar-refractivity contribution is 5.69. The molecule has 0 aromatic heterocycles. The number of aryl methyl sites for hydroxylation is 1. The van der Waals surface area contributed by atoms with Gasteiger partial charge in [-0.25, -0.2) is 0 Å². The maximum Gasteiger partial charge on any atom is 0.310 e. The largest absolute Gasteiger partial charge is 0.435 e. The lowest BCUT2D eigenvalue weighted by atomic mass is 10.0. The van der Waals surface area contributed by atoms with Gasteiger partial charge in [-0.15, -0.1) is 0 Å². The van der Waals surface area contributed by atoms with E-state index in [-0.39, 0.29) is 5.97 Å². The van der Waals surface area contributed by atoms with Gasteiger partial charge in [0.05, 0.1) is 6.26 Å². The second kappa shape index (κ2) is 7.70. The average molecular weight is 246 g/mol. The second-order valence-corrected chi connectivity index (χ2v) is 4.92. The molecule has 1 aromatic carbocycles. The zero-order valence-electron chi connectivity index (χ0n) is 11.3. The number of hydrogen-bond donors (Lipinski definition) is 0. The normalized spacial score (nSPS) is 10.4. The van der Waals surface area contributed by atoms with Crippen molar-refractivity contribution in [3.63, 3.8) is 0 Å². The topological polar surface area (TPSA) is 26.3 Å². The van der Waals surface area contributed by atoms with E-state index in [4.69, 9.17) is 0 Å². The van der Waals surface area contributed by atoms with Crippen LogP contribution in [0.25, 0.3) is 0 Å². The summed E-state index contributed by atoms with van der Waals surface area (Å²) >= 11 is 0.